The number of rotatable bonds is 29. The van der Waals surface area contributed by atoms with E-state index >= 15 is 0 Å². The van der Waals surface area contributed by atoms with Crippen molar-refractivity contribution in [3.05, 3.63) is 60.8 Å². The Morgan fingerprint density at radius 1 is 0.381 bits per heavy atom. The Balaban J connectivity index is 0. The maximum atomic E-state index is 10.3. The molecule has 4 heteroatoms. The highest BCUT2D eigenvalue weighted by Gasteiger charge is 1.94. The standard InChI is InChI=1S/C20H38O2.C18H28O2/c1-2-3-4-5-6-7-8-9-10-11-12-13-14-15-16-17-18-19-20(21)22;1-2-3-4-5-6-7-8-9-10-11-12-13-14-15-16-17-18(19)20/h18-19H,2-17H2,1H3,(H,21,22);10-17H,2-9H2,1H3,(H,19,20). The van der Waals surface area contributed by atoms with Crippen LogP contribution in [0.5, 0.6) is 0 Å². The van der Waals surface area contributed by atoms with Gasteiger partial charge in [0.05, 0.1) is 0 Å². The second kappa shape index (κ2) is 38.6. The molecule has 0 unspecified atom stereocenters. The molecule has 0 aliphatic heterocycles. The van der Waals surface area contributed by atoms with Gasteiger partial charge in [-0.15, -0.1) is 0 Å². The Labute approximate surface area is 260 Å². The van der Waals surface area contributed by atoms with Gasteiger partial charge in [0.1, 0.15) is 0 Å². The van der Waals surface area contributed by atoms with E-state index in [1.54, 1.807) is 12.2 Å². The topological polar surface area (TPSA) is 74.6 Å². The SMILES string of the molecule is CCCCCCCCCC=CC=CC=CC=CC(=O)O.CCCCCCCCCCCCCCCCCC=CC(=O)O. The first kappa shape index (κ1) is 41.8. The van der Waals surface area contributed by atoms with Crippen LogP contribution in [0.15, 0.2) is 60.8 Å². The van der Waals surface area contributed by atoms with Crippen LogP contribution in [0.4, 0.5) is 0 Å². The van der Waals surface area contributed by atoms with E-state index in [0.717, 1.165) is 25.3 Å². The van der Waals surface area contributed by atoms with Gasteiger partial charge in [-0.3, -0.25) is 0 Å². The highest BCUT2D eigenvalue weighted by Crippen LogP contribution is 2.14. The third-order valence-electron chi connectivity index (χ3n) is 7.14. The van der Waals surface area contributed by atoms with Crippen LogP contribution in [0, 0.1) is 0 Å². The average Bonchev–Trinajstić information content (AvgIpc) is 2.97. The Kier molecular flexibility index (Phi) is 38.4. The number of allylic oxidation sites excluding steroid dienone is 8. The van der Waals surface area contributed by atoms with Crippen LogP contribution in [-0.2, 0) is 9.59 Å². The Morgan fingerprint density at radius 2 is 0.690 bits per heavy atom. The van der Waals surface area contributed by atoms with Crippen molar-refractivity contribution in [2.24, 2.45) is 0 Å². The molecular weight excluding hydrogens is 520 g/mol. The van der Waals surface area contributed by atoms with Crippen molar-refractivity contribution in [2.45, 2.75) is 168 Å². The number of hydrogen-bond donors (Lipinski definition) is 2. The van der Waals surface area contributed by atoms with Crippen molar-refractivity contribution >= 4 is 11.9 Å². The Hall–Kier alpha value is -2.36. The summed E-state index contributed by atoms with van der Waals surface area (Å²) in [6, 6.07) is 0. The van der Waals surface area contributed by atoms with Crippen molar-refractivity contribution in [2.75, 3.05) is 0 Å². The minimum absolute atomic E-state index is 0.832. The van der Waals surface area contributed by atoms with Gasteiger partial charge >= 0.3 is 11.9 Å². The number of hydrogen-bond acceptors (Lipinski definition) is 2. The van der Waals surface area contributed by atoms with Gasteiger partial charge in [-0.2, -0.15) is 0 Å². The molecule has 0 saturated heterocycles. The van der Waals surface area contributed by atoms with E-state index in [2.05, 4.69) is 19.9 Å². The monoisotopic (exact) mass is 586 g/mol. The smallest absolute Gasteiger partial charge is 0.328 e. The first-order chi connectivity index (χ1) is 20.5. The molecule has 0 aliphatic rings. The second-order valence-corrected chi connectivity index (χ2v) is 11.3. The van der Waals surface area contributed by atoms with E-state index < -0.39 is 11.9 Å². The molecule has 0 fully saturated rings. The molecule has 4 nitrogen and oxygen atoms in total. The number of carbonyl (C=O) groups is 2. The summed E-state index contributed by atoms with van der Waals surface area (Å²) in [4.78, 5) is 20.5. The van der Waals surface area contributed by atoms with Crippen LogP contribution in [0.3, 0.4) is 0 Å². The zero-order chi connectivity index (χ0) is 31.2. The average molecular weight is 587 g/mol. The third kappa shape index (κ3) is 44.7. The fraction of sp³-hybridized carbons (Fsp3) is 0.684. The lowest BCUT2D eigenvalue weighted by Crippen LogP contribution is -1.86. The lowest BCUT2D eigenvalue weighted by atomic mass is 10.0. The van der Waals surface area contributed by atoms with Gasteiger partial charge in [-0.1, -0.05) is 191 Å². The molecule has 0 bridgehead atoms. The van der Waals surface area contributed by atoms with Crippen molar-refractivity contribution in [1.82, 2.24) is 0 Å². The van der Waals surface area contributed by atoms with Crippen molar-refractivity contribution in [1.29, 1.82) is 0 Å². The first-order valence-electron chi connectivity index (χ1n) is 17.3. The van der Waals surface area contributed by atoms with E-state index in [-0.39, 0.29) is 0 Å². The maximum Gasteiger partial charge on any atom is 0.328 e. The van der Waals surface area contributed by atoms with E-state index in [4.69, 9.17) is 10.2 Å². The van der Waals surface area contributed by atoms with Crippen molar-refractivity contribution in [3.8, 4) is 0 Å². The number of unbranched alkanes of at least 4 members (excludes halogenated alkanes) is 22. The summed E-state index contributed by atoms with van der Waals surface area (Å²) in [5.74, 6) is -1.76. The predicted octanol–water partition coefficient (Wildman–Crippen LogP) is 12.3. The lowest BCUT2D eigenvalue weighted by Gasteiger charge is -2.03. The summed E-state index contributed by atoms with van der Waals surface area (Å²) < 4.78 is 0. The molecule has 0 aromatic heterocycles. The van der Waals surface area contributed by atoms with E-state index in [1.165, 1.54) is 147 Å². The predicted molar refractivity (Wildman–Crippen MR) is 183 cm³/mol. The van der Waals surface area contributed by atoms with Gasteiger partial charge in [0.15, 0.2) is 0 Å². The molecule has 242 valence electrons. The Bertz CT molecular complexity index is 715. The molecule has 0 aromatic carbocycles. The normalized spacial score (nSPS) is 11.9. The highest BCUT2D eigenvalue weighted by atomic mass is 16.4. The summed E-state index contributed by atoms with van der Waals surface area (Å²) >= 11 is 0. The van der Waals surface area contributed by atoms with E-state index in [9.17, 15) is 9.59 Å². The van der Waals surface area contributed by atoms with Crippen LogP contribution in [0.1, 0.15) is 168 Å². The molecule has 0 heterocycles. The maximum absolute atomic E-state index is 10.3. The summed E-state index contributed by atoms with van der Waals surface area (Å²) in [7, 11) is 0. The third-order valence-corrected chi connectivity index (χ3v) is 7.14. The van der Waals surface area contributed by atoms with Crippen LogP contribution >= 0.6 is 0 Å². The van der Waals surface area contributed by atoms with Crippen LogP contribution < -0.4 is 0 Å². The highest BCUT2D eigenvalue weighted by molar-refractivity contribution is 5.80. The zero-order valence-corrected chi connectivity index (χ0v) is 27.5. The second-order valence-electron chi connectivity index (χ2n) is 11.3. The molecule has 0 rings (SSSR count). The number of aliphatic carboxylic acids is 2. The quantitative estimate of drug-likeness (QED) is 0.0519. The zero-order valence-electron chi connectivity index (χ0n) is 27.5. The minimum atomic E-state index is -0.923. The van der Waals surface area contributed by atoms with Gasteiger partial charge in [-0.05, 0) is 25.7 Å². The summed E-state index contributed by atoms with van der Waals surface area (Å²) in [6.45, 7) is 4.52. The molecule has 0 atom stereocenters. The van der Waals surface area contributed by atoms with Crippen molar-refractivity contribution in [3.63, 3.8) is 0 Å². The Morgan fingerprint density at radius 3 is 1.07 bits per heavy atom. The van der Waals surface area contributed by atoms with Crippen LogP contribution in [0.2, 0.25) is 0 Å². The molecule has 0 spiro atoms. The van der Waals surface area contributed by atoms with E-state index in [0.29, 0.717) is 0 Å². The summed E-state index contributed by atoms with van der Waals surface area (Å²) in [5.41, 5.74) is 0. The van der Waals surface area contributed by atoms with E-state index in [1.807, 2.05) is 24.3 Å². The van der Waals surface area contributed by atoms with Crippen molar-refractivity contribution < 1.29 is 19.8 Å². The number of carboxylic acid groups (broad SMARTS) is 2. The minimum Gasteiger partial charge on any atom is -0.478 e. The summed E-state index contributed by atoms with van der Waals surface area (Å²) in [6.07, 6.45) is 49.3. The number of carboxylic acids is 2. The molecule has 42 heavy (non-hydrogen) atoms. The van der Waals surface area contributed by atoms with Gasteiger partial charge in [0.2, 0.25) is 0 Å². The van der Waals surface area contributed by atoms with Crippen LogP contribution in [0.25, 0.3) is 0 Å². The molecule has 0 aliphatic carbocycles. The molecule has 0 radical (unpaired) electrons. The fourth-order valence-electron chi connectivity index (χ4n) is 4.61. The lowest BCUT2D eigenvalue weighted by molar-refractivity contribution is -0.132. The van der Waals surface area contributed by atoms with Crippen LogP contribution in [-0.4, -0.2) is 22.2 Å². The summed E-state index contributed by atoms with van der Waals surface area (Å²) in [5, 5.41) is 16.8. The molecule has 0 saturated carbocycles. The largest absolute Gasteiger partial charge is 0.478 e. The van der Waals surface area contributed by atoms with Gasteiger partial charge in [0, 0.05) is 12.2 Å². The molecule has 0 aromatic rings. The van der Waals surface area contributed by atoms with Gasteiger partial charge in [-0.25, -0.2) is 9.59 Å². The van der Waals surface area contributed by atoms with Gasteiger partial charge in [0.25, 0.3) is 0 Å². The first-order valence-corrected chi connectivity index (χ1v) is 17.3. The molecule has 0 amide bonds. The fourth-order valence-corrected chi connectivity index (χ4v) is 4.61. The molecule has 2 N–H and O–H groups in total. The van der Waals surface area contributed by atoms with Gasteiger partial charge < -0.3 is 10.2 Å². The molecular formula is C38H66O4.